The molecule has 1 aromatic carbocycles. The highest BCUT2D eigenvalue weighted by atomic mass is 16.7. The minimum atomic E-state index is -0.453. The number of benzene rings is 1. The molecule has 0 spiro atoms. The van der Waals surface area contributed by atoms with Crippen molar-refractivity contribution < 1.29 is 14.2 Å². The fraction of sp³-hybridized carbons (Fsp3) is 0.600. The molecule has 4 nitrogen and oxygen atoms in total. The van der Waals surface area contributed by atoms with Gasteiger partial charge in [0.1, 0.15) is 5.75 Å². The SMILES string of the molecule is CCOC(OCC)C(N)c1c(C)cc(C)cc1OC. The van der Waals surface area contributed by atoms with E-state index in [2.05, 4.69) is 6.07 Å². The lowest BCUT2D eigenvalue weighted by atomic mass is 9.98. The van der Waals surface area contributed by atoms with Crippen molar-refractivity contribution in [2.24, 2.45) is 5.73 Å². The molecule has 108 valence electrons. The highest BCUT2D eigenvalue weighted by molar-refractivity contribution is 5.45. The fourth-order valence-corrected chi connectivity index (χ4v) is 2.26. The Labute approximate surface area is 115 Å². The van der Waals surface area contributed by atoms with Gasteiger partial charge >= 0.3 is 0 Å². The van der Waals surface area contributed by atoms with Crippen LogP contribution in [0.15, 0.2) is 12.1 Å². The molecule has 1 aromatic rings. The molecule has 1 rings (SSSR count). The smallest absolute Gasteiger partial charge is 0.176 e. The normalized spacial score (nSPS) is 12.8. The van der Waals surface area contributed by atoms with E-state index in [1.54, 1.807) is 7.11 Å². The van der Waals surface area contributed by atoms with Crippen LogP contribution in [-0.2, 0) is 9.47 Å². The summed E-state index contributed by atoms with van der Waals surface area (Å²) in [5, 5.41) is 0. The van der Waals surface area contributed by atoms with Crippen LogP contribution < -0.4 is 10.5 Å². The van der Waals surface area contributed by atoms with Crippen LogP contribution in [0, 0.1) is 13.8 Å². The summed E-state index contributed by atoms with van der Waals surface area (Å²) >= 11 is 0. The highest BCUT2D eigenvalue weighted by Gasteiger charge is 2.25. The second-order valence-corrected chi connectivity index (χ2v) is 4.50. The first-order valence-electron chi connectivity index (χ1n) is 6.69. The number of rotatable bonds is 7. The van der Waals surface area contributed by atoms with Gasteiger partial charge in [-0.2, -0.15) is 0 Å². The van der Waals surface area contributed by atoms with E-state index in [0.29, 0.717) is 13.2 Å². The van der Waals surface area contributed by atoms with E-state index in [0.717, 1.165) is 22.4 Å². The maximum Gasteiger partial charge on any atom is 0.176 e. The lowest BCUT2D eigenvalue weighted by Gasteiger charge is -2.26. The Morgan fingerprint density at radius 1 is 1.11 bits per heavy atom. The molecule has 0 aromatic heterocycles. The van der Waals surface area contributed by atoms with Crippen LogP contribution in [0.4, 0.5) is 0 Å². The van der Waals surface area contributed by atoms with Crippen molar-refractivity contribution in [3.05, 3.63) is 28.8 Å². The second-order valence-electron chi connectivity index (χ2n) is 4.50. The number of nitrogens with two attached hydrogens (primary N) is 1. The zero-order valence-corrected chi connectivity index (χ0v) is 12.5. The summed E-state index contributed by atoms with van der Waals surface area (Å²) in [5.41, 5.74) is 9.49. The zero-order valence-electron chi connectivity index (χ0n) is 12.5. The van der Waals surface area contributed by atoms with Gasteiger partial charge in [-0.05, 0) is 44.9 Å². The van der Waals surface area contributed by atoms with Crippen LogP contribution in [-0.4, -0.2) is 26.6 Å². The van der Waals surface area contributed by atoms with Crippen LogP contribution in [0.25, 0.3) is 0 Å². The molecule has 0 aliphatic carbocycles. The van der Waals surface area contributed by atoms with Crippen molar-refractivity contribution >= 4 is 0 Å². The maximum absolute atomic E-state index is 6.31. The summed E-state index contributed by atoms with van der Waals surface area (Å²) in [5.74, 6) is 0.786. The first kappa shape index (κ1) is 16.0. The molecule has 0 aliphatic rings. The van der Waals surface area contributed by atoms with Crippen LogP contribution in [0.1, 0.15) is 36.6 Å². The van der Waals surface area contributed by atoms with Gasteiger partial charge in [-0.15, -0.1) is 0 Å². The van der Waals surface area contributed by atoms with Crippen LogP contribution in [0.5, 0.6) is 5.75 Å². The molecule has 0 amide bonds. The minimum Gasteiger partial charge on any atom is -0.496 e. The molecule has 2 N–H and O–H groups in total. The van der Waals surface area contributed by atoms with Crippen molar-refractivity contribution in [2.45, 2.75) is 40.0 Å². The van der Waals surface area contributed by atoms with Crippen LogP contribution >= 0.6 is 0 Å². The van der Waals surface area contributed by atoms with Crippen molar-refractivity contribution in [1.82, 2.24) is 0 Å². The summed E-state index contributed by atoms with van der Waals surface area (Å²) in [6.07, 6.45) is -0.453. The molecule has 0 saturated heterocycles. The third-order valence-electron chi connectivity index (χ3n) is 3.00. The summed E-state index contributed by atoms with van der Waals surface area (Å²) in [7, 11) is 1.65. The van der Waals surface area contributed by atoms with Crippen molar-refractivity contribution in [2.75, 3.05) is 20.3 Å². The summed E-state index contributed by atoms with van der Waals surface area (Å²) in [4.78, 5) is 0. The Hall–Kier alpha value is -1.10. The monoisotopic (exact) mass is 267 g/mol. The molecular formula is C15H25NO3. The first-order valence-corrected chi connectivity index (χ1v) is 6.69. The number of aryl methyl sites for hydroxylation is 2. The van der Waals surface area contributed by atoms with E-state index >= 15 is 0 Å². The second kappa shape index (κ2) is 7.48. The molecule has 1 unspecified atom stereocenters. The Bertz CT molecular complexity index is 401. The van der Waals surface area contributed by atoms with Gasteiger partial charge in [-0.1, -0.05) is 6.07 Å². The third-order valence-corrected chi connectivity index (χ3v) is 3.00. The van der Waals surface area contributed by atoms with Gasteiger partial charge in [-0.3, -0.25) is 0 Å². The summed E-state index contributed by atoms with van der Waals surface area (Å²) in [6, 6.07) is 3.71. The quantitative estimate of drug-likeness (QED) is 0.772. The van der Waals surface area contributed by atoms with Gasteiger partial charge in [0.2, 0.25) is 0 Å². The molecular weight excluding hydrogens is 242 g/mol. The van der Waals surface area contributed by atoms with E-state index in [-0.39, 0.29) is 6.04 Å². The number of ether oxygens (including phenoxy) is 3. The Kier molecular flexibility index (Phi) is 6.28. The van der Waals surface area contributed by atoms with Gasteiger partial charge in [0.25, 0.3) is 0 Å². The van der Waals surface area contributed by atoms with Crippen LogP contribution in [0.3, 0.4) is 0 Å². The predicted molar refractivity (Wildman–Crippen MR) is 76.4 cm³/mol. The summed E-state index contributed by atoms with van der Waals surface area (Å²) < 4.78 is 16.6. The lowest BCUT2D eigenvalue weighted by molar-refractivity contribution is -0.149. The predicted octanol–water partition coefficient (Wildman–Crippen LogP) is 2.71. The molecule has 0 radical (unpaired) electrons. The topological polar surface area (TPSA) is 53.7 Å². The van der Waals surface area contributed by atoms with Crippen LogP contribution in [0.2, 0.25) is 0 Å². The molecule has 4 heteroatoms. The van der Waals surface area contributed by atoms with Crippen molar-refractivity contribution in [3.8, 4) is 5.75 Å². The lowest BCUT2D eigenvalue weighted by Crippen LogP contribution is -2.32. The van der Waals surface area contributed by atoms with Crippen molar-refractivity contribution in [3.63, 3.8) is 0 Å². The highest BCUT2D eigenvalue weighted by Crippen LogP contribution is 2.31. The largest absolute Gasteiger partial charge is 0.496 e. The number of methoxy groups -OCH3 is 1. The average Bonchev–Trinajstić information content (AvgIpc) is 2.36. The Morgan fingerprint density at radius 2 is 1.68 bits per heavy atom. The number of hydrogen-bond donors (Lipinski definition) is 1. The van der Waals surface area contributed by atoms with E-state index < -0.39 is 6.29 Å². The molecule has 19 heavy (non-hydrogen) atoms. The molecule has 0 aliphatic heterocycles. The van der Waals surface area contributed by atoms with Gasteiger partial charge < -0.3 is 19.9 Å². The first-order chi connectivity index (χ1) is 9.04. The Morgan fingerprint density at radius 3 is 2.16 bits per heavy atom. The summed E-state index contributed by atoms with van der Waals surface area (Å²) in [6.45, 7) is 9.04. The average molecular weight is 267 g/mol. The molecule has 1 atom stereocenters. The van der Waals surface area contributed by atoms with E-state index in [4.69, 9.17) is 19.9 Å². The molecule has 0 heterocycles. The van der Waals surface area contributed by atoms with E-state index in [1.807, 2.05) is 33.8 Å². The Balaban J connectivity index is 3.11. The molecule has 0 saturated carbocycles. The minimum absolute atomic E-state index is 0.365. The van der Waals surface area contributed by atoms with Gasteiger partial charge in [0, 0.05) is 18.8 Å². The van der Waals surface area contributed by atoms with Gasteiger partial charge in [0.05, 0.1) is 13.2 Å². The molecule has 0 fully saturated rings. The molecule has 0 bridgehead atoms. The maximum atomic E-state index is 6.31. The van der Waals surface area contributed by atoms with E-state index in [9.17, 15) is 0 Å². The fourth-order valence-electron chi connectivity index (χ4n) is 2.26. The van der Waals surface area contributed by atoms with Gasteiger partial charge in [0.15, 0.2) is 6.29 Å². The standard InChI is InChI=1S/C15H25NO3/c1-6-18-15(19-7-2)14(16)13-11(4)8-10(3)9-12(13)17-5/h8-9,14-15H,6-7,16H2,1-5H3. The van der Waals surface area contributed by atoms with Crippen molar-refractivity contribution in [1.29, 1.82) is 0 Å². The van der Waals surface area contributed by atoms with Gasteiger partial charge in [-0.25, -0.2) is 0 Å². The zero-order chi connectivity index (χ0) is 14.4. The number of hydrogen-bond acceptors (Lipinski definition) is 4. The van der Waals surface area contributed by atoms with E-state index in [1.165, 1.54) is 0 Å². The third kappa shape index (κ3) is 3.93.